The second-order valence-electron chi connectivity index (χ2n) is 7.54. The summed E-state index contributed by atoms with van der Waals surface area (Å²) >= 11 is 7.39. The Morgan fingerprint density at radius 1 is 1.19 bits per heavy atom. The lowest BCUT2D eigenvalue weighted by atomic mass is 10.1. The highest BCUT2D eigenvalue weighted by Crippen LogP contribution is 2.34. The van der Waals surface area contributed by atoms with E-state index in [0.29, 0.717) is 23.1 Å². The van der Waals surface area contributed by atoms with Crippen LogP contribution in [0.4, 0.5) is 10.8 Å². The number of hydrogen-bond donors (Lipinski definition) is 1. The minimum Gasteiger partial charge on any atom is -0.312 e. The fraction of sp³-hybridized carbons (Fsp3) is 0.217. The average molecular weight is 453 g/mol. The predicted molar refractivity (Wildman–Crippen MR) is 125 cm³/mol. The van der Waals surface area contributed by atoms with Crippen molar-refractivity contribution in [3.63, 3.8) is 0 Å². The molecule has 0 aliphatic carbocycles. The van der Waals surface area contributed by atoms with Crippen LogP contribution in [0.2, 0.25) is 5.02 Å². The molecule has 4 rings (SSSR count). The lowest BCUT2D eigenvalue weighted by Crippen LogP contribution is -2.24. The number of aromatic nitrogens is 2. The molecule has 1 atom stereocenters. The Kier molecular flexibility index (Phi) is 6.15. The summed E-state index contributed by atoms with van der Waals surface area (Å²) in [5.41, 5.74) is 3.91. The highest BCUT2D eigenvalue weighted by molar-refractivity contribution is 7.15. The van der Waals surface area contributed by atoms with Gasteiger partial charge in [0.1, 0.15) is 5.01 Å². The van der Waals surface area contributed by atoms with Crippen molar-refractivity contribution in [2.24, 2.45) is 0 Å². The molecule has 31 heavy (non-hydrogen) atoms. The lowest BCUT2D eigenvalue weighted by Gasteiger charge is -2.17. The van der Waals surface area contributed by atoms with Crippen molar-refractivity contribution in [1.29, 1.82) is 0 Å². The summed E-state index contributed by atoms with van der Waals surface area (Å²) in [6.45, 7) is 4.60. The molecule has 1 unspecified atom stereocenters. The van der Waals surface area contributed by atoms with Gasteiger partial charge in [0.05, 0.1) is 0 Å². The van der Waals surface area contributed by atoms with Crippen molar-refractivity contribution in [3.8, 4) is 0 Å². The minimum atomic E-state index is -0.318. The molecule has 1 aliphatic heterocycles. The van der Waals surface area contributed by atoms with Crippen LogP contribution in [0.15, 0.2) is 48.5 Å². The first-order chi connectivity index (χ1) is 14.9. The van der Waals surface area contributed by atoms with E-state index in [-0.39, 0.29) is 17.7 Å². The molecule has 1 saturated heterocycles. The van der Waals surface area contributed by atoms with Crippen LogP contribution >= 0.6 is 22.9 Å². The standard InChI is InChI=1S/C23H21ClN4O2S/c1-14-9-15(2)11-18(10-14)28-13-17(12-21(28)30)22-26-27-23(31-22)25-20(29)8-7-16-5-3-4-6-19(16)24/h3-11,17H,12-13H2,1-2H3,(H,25,27,29)/b8-7+. The van der Waals surface area contributed by atoms with Gasteiger partial charge in [0.25, 0.3) is 0 Å². The van der Waals surface area contributed by atoms with Crippen molar-refractivity contribution >= 4 is 51.6 Å². The van der Waals surface area contributed by atoms with Crippen LogP contribution in [-0.2, 0) is 9.59 Å². The number of anilines is 2. The molecule has 0 bridgehead atoms. The number of halogens is 1. The van der Waals surface area contributed by atoms with E-state index in [9.17, 15) is 9.59 Å². The van der Waals surface area contributed by atoms with Crippen molar-refractivity contribution in [2.45, 2.75) is 26.2 Å². The maximum atomic E-state index is 12.6. The molecule has 2 aromatic carbocycles. The normalized spacial score (nSPS) is 16.3. The number of nitrogens with one attached hydrogen (secondary N) is 1. The summed E-state index contributed by atoms with van der Waals surface area (Å²) in [6.07, 6.45) is 3.43. The van der Waals surface area contributed by atoms with E-state index >= 15 is 0 Å². The molecule has 0 saturated carbocycles. The molecule has 8 heteroatoms. The van der Waals surface area contributed by atoms with Gasteiger partial charge in [-0.25, -0.2) is 0 Å². The summed E-state index contributed by atoms with van der Waals surface area (Å²) in [5.74, 6) is -0.296. The van der Waals surface area contributed by atoms with Crippen LogP contribution in [0.5, 0.6) is 0 Å². The quantitative estimate of drug-likeness (QED) is 0.554. The number of carbonyl (C=O) groups is 2. The van der Waals surface area contributed by atoms with Crippen LogP contribution < -0.4 is 10.2 Å². The summed E-state index contributed by atoms with van der Waals surface area (Å²) in [5, 5.41) is 12.7. The first kappa shape index (κ1) is 21.2. The van der Waals surface area contributed by atoms with E-state index in [4.69, 9.17) is 11.6 Å². The molecule has 1 N–H and O–H groups in total. The molecule has 2 amide bonds. The highest BCUT2D eigenvalue weighted by Gasteiger charge is 2.34. The SMILES string of the molecule is Cc1cc(C)cc(N2CC(c3nnc(NC(=O)/C=C/c4ccccc4Cl)s3)CC2=O)c1. The van der Waals surface area contributed by atoms with Gasteiger partial charge < -0.3 is 4.90 Å². The molecule has 0 radical (unpaired) electrons. The fourth-order valence-electron chi connectivity index (χ4n) is 3.60. The zero-order valence-corrected chi connectivity index (χ0v) is 18.7. The first-order valence-corrected chi connectivity index (χ1v) is 11.0. The second-order valence-corrected chi connectivity index (χ2v) is 8.96. The number of hydrogen-bond acceptors (Lipinski definition) is 5. The Morgan fingerprint density at radius 2 is 1.94 bits per heavy atom. The third-order valence-corrected chi connectivity index (χ3v) is 6.33. The third kappa shape index (κ3) is 5.00. The van der Waals surface area contributed by atoms with Gasteiger partial charge in [-0.1, -0.05) is 47.2 Å². The molecule has 0 spiro atoms. The molecular formula is C23H21ClN4O2S. The van der Waals surface area contributed by atoms with E-state index < -0.39 is 0 Å². The van der Waals surface area contributed by atoms with E-state index in [1.165, 1.54) is 17.4 Å². The topological polar surface area (TPSA) is 75.2 Å². The van der Waals surface area contributed by atoms with Crippen LogP contribution in [0.3, 0.4) is 0 Å². The van der Waals surface area contributed by atoms with Crippen molar-refractivity contribution in [3.05, 3.63) is 75.3 Å². The van der Waals surface area contributed by atoms with Gasteiger partial charge in [-0.15, -0.1) is 10.2 Å². The van der Waals surface area contributed by atoms with Crippen molar-refractivity contribution in [2.75, 3.05) is 16.8 Å². The average Bonchev–Trinajstić information content (AvgIpc) is 3.33. The van der Waals surface area contributed by atoms with Gasteiger partial charge in [0.2, 0.25) is 16.9 Å². The first-order valence-electron chi connectivity index (χ1n) is 9.84. The molecule has 1 fully saturated rings. The van der Waals surface area contributed by atoms with Crippen LogP contribution in [-0.4, -0.2) is 28.6 Å². The second kappa shape index (κ2) is 8.99. The molecule has 1 aromatic heterocycles. The van der Waals surface area contributed by atoms with Crippen LogP contribution in [0.25, 0.3) is 6.08 Å². The number of nitrogens with zero attached hydrogens (tertiary/aromatic N) is 3. The molecular weight excluding hydrogens is 432 g/mol. The molecule has 6 nitrogen and oxygen atoms in total. The molecule has 1 aliphatic rings. The van der Waals surface area contributed by atoms with Gasteiger partial charge in [-0.3, -0.25) is 14.9 Å². The summed E-state index contributed by atoms with van der Waals surface area (Å²) < 4.78 is 0. The lowest BCUT2D eigenvalue weighted by molar-refractivity contribution is -0.117. The Labute approximate surface area is 189 Å². The van der Waals surface area contributed by atoms with Crippen LogP contribution in [0.1, 0.15) is 34.0 Å². The number of carbonyl (C=O) groups excluding carboxylic acids is 2. The monoisotopic (exact) mass is 452 g/mol. The largest absolute Gasteiger partial charge is 0.312 e. The van der Waals surface area contributed by atoms with E-state index in [0.717, 1.165) is 27.4 Å². The Morgan fingerprint density at radius 3 is 2.68 bits per heavy atom. The predicted octanol–water partition coefficient (Wildman–Crippen LogP) is 4.98. The zero-order valence-electron chi connectivity index (χ0n) is 17.1. The number of aryl methyl sites for hydroxylation is 2. The van der Waals surface area contributed by atoms with E-state index in [1.807, 2.05) is 44.2 Å². The van der Waals surface area contributed by atoms with Crippen molar-refractivity contribution in [1.82, 2.24) is 10.2 Å². The summed E-state index contributed by atoms with van der Waals surface area (Å²) in [4.78, 5) is 26.6. The van der Waals surface area contributed by atoms with E-state index in [1.54, 1.807) is 17.0 Å². The summed E-state index contributed by atoms with van der Waals surface area (Å²) in [6, 6.07) is 13.4. The minimum absolute atomic E-state index is 0.0462. The van der Waals surface area contributed by atoms with Crippen molar-refractivity contribution < 1.29 is 9.59 Å². The zero-order chi connectivity index (χ0) is 22.0. The van der Waals surface area contributed by atoms with Gasteiger partial charge in [0, 0.05) is 35.7 Å². The van der Waals surface area contributed by atoms with Gasteiger partial charge in [0.15, 0.2) is 0 Å². The molecule has 2 heterocycles. The van der Waals surface area contributed by atoms with Crippen LogP contribution in [0, 0.1) is 13.8 Å². The Bertz CT molecular complexity index is 1150. The smallest absolute Gasteiger partial charge is 0.250 e. The van der Waals surface area contributed by atoms with E-state index in [2.05, 4.69) is 21.6 Å². The molecule has 3 aromatic rings. The third-order valence-electron chi connectivity index (χ3n) is 4.98. The fourth-order valence-corrected chi connectivity index (χ4v) is 4.64. The maximum Gasteiger partial charge on any atom is 0.250 e. The Balaban J connectivity index is 1.41. The van der Waals surface area contributed by atoms with Gasteiger partial charge in [-0.05, 0) is 54.8 Å². The summed E-state index contributed by atoms with van der Waals surface area (Å²) in [7, 11) is 0. The number of amides is 2. The maximum absolute atomic E-state index is 12.6. The van der Waals surface area contributed by atoms with Gasteiger partial charge in [-0.2, -0.15) is 0 Å². The van der Waals surface area contributed by atoms with Gasteiger partial charge >= 0.3 is 0 Å². The molecule has 158 valence electrons. The number of benzene rings is 2. The Hall–Kier alpha value is -3.03. The highest BCUT2D eigenvalue weighted by atomic mass is 35.5. The number of rotatable bonds is 5.